The molecule has 1 aromatic heterocycles. The summed E-state index contributed by atoms with van der Waals surface area (Å²) < 4.78 is 56.2. The van der Waals surface area contributed by atoms with Crippen LogP contribution in [0.4, 0.5) is 29.1 Å². The van der Waals surface area contributed by atoms with Crippen LogP contribution in [0.25, 0.3) is 0 Å². The number of rotatable bonds is 4. The molecular weight excluding hydrogens is 338 g/mol. The zero-order chi connectivity index (χ0) is 18.0. The van der Waals surface area contributed by atoms with Gasteiger partial charge in [0.15, 0.2) is 0 Å². The third-order valence-electron chi connectivity index (χ3n) is 3.70. The van der Waals surface area contributed by atoms with E-state index >= 15 is 0 Å². The van der Waals surface area contributed by atoms with Crippen LogP contribution >= 0.6 is 0 Å². The lowest BCUT2D eigenvalue weighted by Gasteiger charge is -2.25. The fourth-order valence-corrected chi connectivity index (χ4v) is 2.56. The lowest BCUT2D eigenvalue weighted by Crippen LogP contribution is -2.29. The van der Waals surface area contributed by atoms with Gasteiger partial charge >= 0.3 is 6.18 Å². The Bertz CT molecular complexity index is 747. The number of ether oxygens (including phenoxy) is 1. The molecule has 0 amide bonds. The zero-order valence-corrected chi connectivity index (χ0v) is 13.5. The van der Waals surface area contributed by atoms with Crippen molar-refractivity contribution in [2.75, 3.05) is 23.8 Å². The first-order chi connectivity index (χ1) is 11.8. The predicted octanol–water partition coefficient (Wildman–Crippen LogP) is 3.98. The first kappa shape index (κ1) is 17.3. The van der Waals surface area contributed by atoms with Crippen LogP contribution in [-0.4, -0.2) is 30.4 Å². The molecule has 8 heteroatoms. The van der Waals surface area contributed by atoms with E-state index < -0.39 is 12.7 Å². The van der Waals surface area contributed by atoms with Gasteiger partial charge in [0.05, 0.1) is 11.7 Å². The lowest BCUT2D eigenvalue weighted by atomic mass is 10.0. The first-order valence-electron chi connectivity index (χ1n) is 7.78. The summed E-state index contributed by atoms with van der Waals surface area (Å²) >= 11 is 0. The Kier molecular flexibility index (Phi) is 4.69. The molecule has 1 atom stereocenters. The zero-order valence-electron chi connectivity index (χ0n) is 13.5. The highest BCUT2D eigenvalue weighted by molar-refractivity contribution is 5.63. The summed E-state index contributed by atoms with van der Waals surface area (Å²) in [5, 5.41) is 5.53. The van der Waals surface area contributed by atoms with Crippen LogP contribution in [0.5, 0.6) is 5.88 Å². The van der Waals surface area contributed by atoms with Crippen molar-refractivity contribution in [3.8, 4) is 5.88 Å². The molecule has 4 nitrogen and oxygen atoms in total. The van der Waals surface area contributed by atoms with Crippen LogP contribution in [0.3, 0.4) is 0 Å². The largest absolute Gasteiger partial charge is 0.474 e. The number of halogens is 4. The molecule has 2 aromatic rings. The van der Waals surface area contributed by atoms with E-state index in [2.05, 4.69) is 15.6 Å². The summed E-state index contributed by atoms with van der Waals surface area (Å²) in [6.07, 6.45) is -4.05. The van der Waals surface area contributed by atoms with Gasteiger partial charge in [0.2, 0.25) is 5.88 Å². The Balaban J connectivity index is 1.91. The minimum atomic E-state index is -4.36. The van der Waals surface area contributed by atoms with Crippen molar-refractivity contribution in [1.29, 1.82) is 0 Å². The molecule has 2 N–H and O–H groups in total. The van der Waals surface area contributed by atoms with Crippen LogP contribution in [0.2, 0.25) is 0 Å². The molecule has 0 aliphatic carbocycles. The molecule has 1 unspecified atom stereocenters. The van der Waals surface area contributed by atoms with Gasteiger partial charge in [0, 0.05) is 12.0 Å². The van der Waals surface area contributed by atoms with E-state index in [1.165, 1.54) is 12.1 Å². The molecule has 1 aliphatic rings. The summed E-state index contributed by atoms with van der Waals surface area (Å²) in [6.45, 7) is 1.12. The Hall–Kier alpha value is -2.51. The highest BCUT2D eigenvalue weighted by Crippen LogP contribution is 2.33. The average Bonchev–Trinajstić information content (AvgIpc) is 2.54. The minimum absolute atomic E-state index is 0.0713. The van der Waals surface area contributed by atoms with E-state index in [9.17, 15) is 17.6 Å². The van der Waals surface area contributed by atoms with E-state index in [1.54, 1.807) is 18.2 Å². The number of nitrogens with one attached hydrogen (secondary N) is 2. The van der Waals surface area contributed by atoms with Crippen LogP contribution in [0, 0.1) is 5.82 Å². The quantitative estimate of drug-likeness (QED) is 0.815. The maximum atomic E-state index is 13.0. The van der Waals surface area contributed by atoms with Gasteiger partial charge in [-0.25, -0.2) is 4.39 Å². The molecule has 25 heavy (non-hydrogen) atoms. The maximum Gasteiger partial charge on any atom is 0.405 e. The van der Waals surface area contributed by atoms with E-state index in [-0.39, 0.29) is 23.6 Å². The molecule has 0 bridgehead atoms. The van der Waals surface area contributed by atoms with Crippen molar-refractivity contribution >= 4 is 11.5 Å². The third kappa shape index (κ3) is 4.52. The summed E-state index contributed by atoms with van der Waals surface area (Å²) in [5.41, 5.74) is 1.97. The van der Waals surface area contributed by atoms with E-state index in [0.717, 1.165) is 5.56 Å². The van der Waals surface area contributed by atoms with Crippen molar-refractivity contribution in [2.24, 2.45) is 0 Å². The summed E-state index contributed by atoms with van der Waals surface area (Å²) in [5.74, 6) is 0.00834. The molecule has 0 spiro atoms. The van der Waals surface area contributed by atoms with E-state index in [1.807, 2.05) is 6.92 Å². The second-order valence-electron chi connectivity index (χ2n) is 5.98. The maximum absolute atomic E-state index is 13.0. The lowest BCUT2D eigenvalue weighted by molar-refractivity contribution is -0.115. The highest BCUT2D eigenvalue weighted by atomic mass is 19.4. The number of hydrogen-bond donors (Lipinski definition) is 2. The first-order valence-corrected chi connectivity index (χ1v) is 7.78. The molecular formula is C17H17F4N3O. The van der Waals surface area contributed by atoms with Crippen molar-refractivity contribution in [3.63, 3.8) is 0 Å². The molecule has 0 saturated carbocycles. The monoisotopic (exact) mass is 355 g/mol. The number of anilines is 2. The van der Waals surface area contributed by atoms with Crippen molar-refractivity contribution in [2.45, 2.75) is 25.6 Å². The van der Waals surface area contributed by atoms with Gasteiger partial charge in [-0.3, -0.25) is 0 Å². The number of alkyl halides is 3. The Morgan fingerprint density at radius 3 is 2.68 bits per heavy atom. The van der Waals surface area contributed by atoms with Gasteiger partial charge in [-0.05, 0) is 30.7 Å². The number of benzene rings is 1. The van der Waals surface area contributed by atoms with Gasteiger partial charge in [-0.1, -0.05) is 12.1 Å². The Labute approximate surface area is 142 Å². The fraction of sp³-hybridized carbons (Fsp3) is 0.353. The second kappa shape index (κ2) is 6.78. The van der Waals surface area contributed by atoms with E-state index in [0.29, 0.717) is 24.3 Å². The normalized spacial score (nSPS) is 16.6. The van der Waals surface area contributed by atoms with Gasteiger partial charge in [0.1, 0.15) is 24.8 Å². The Morgan fingerprint density at radius 2 is 2.00 bits per heavy atom. The average molecular weight is 355 g/mol. The highest BCUT2D eigenvalue weighted by Gasteiger charge is 2.28. The number of fused-ring (bicyclic) bond motifs is 1. The van der Waals surface area contributed by atoms with E-state index in [4.69, 9.17) is 4.74 Å². The summed E-state index contributed by atoms with van der Waals surface area (Å²) in [7, 11) is 0. The van der Waals surface area contributed by atoms with Gasteiger partial charge in [-0.2, -0.15) is 18.2 Å². The molecule has 3 rings (SSSR count). The smallest absolute Gasteiger partial charge is 0.405 e. The van der Waals surface area contributed by atoms with Gasteiger partial charge in [-0.15, -0.1) is 0 Å². The number of hydrogen-bond acceptors (Lipinski definition) is 4. The van der Waals surface area contributed by atoms with Crippen LogP contribution in [0.1, 0.15) is 18.1 Å². The molecule has 2 heterocycles. The molecule has 0 radical (unpaired) electrons. The van der Waals surface area contributed by atoms with Crippen molar-refractivity contribution in [1.82, 2.24) is 4.98 Å². The minimum Gasteiger partial charge on any atom is -0.474 e. The standard InChI is InChI=1S/C17H17F4N3O/c1-10-8-25-16-14(23-10)7-12(6-11-2-4-13(18)5-3-11)15(24-16)22-9-17(19,20)21/h2-5,7,10,23H,6,8-9H2,1H3,(H,22,24). The molecule has 1 aromatic carbocycles. The van der Waals surface area contributed by atoms with Crippen molar-refractivity contribution < 1.29 is 22.3 Å². The van der Waals surface area contributed by atoms with Crippen molar-refractivity contribution in [3.05, 3.63) is 47.3 Å². The van der Waals surface area contributed by atoms with Crippen LogP contribution in [-0.2, 0) is 6.42 Å². The molecule has 0 fully saturated rings. The fourth-order valence-electron chi connectivity index (χ4n) is 2.56. The third-order valence-corrected chi connectivity index (χ3v) is 3.70. The van der Waals surface area contributed by atoms with Crippen LogP contribution < -0.4 is 15.4 Å². The topological polar surface area (TPSA) is 46.2 Å². The number of pyridine rings is 1. The predicted molar refractivity (Wildman–Crippen MR) is 86.6 cm³/mol. The molecule has 1 aliphatic heterocycles. The Morgan fingerprint density at radius 1 is 1.28 bits per heavy atom. The number of aromatic nitrogens is 1. The summed E-state index contributed by atoms with van der Waals surface area (Å²) in [6, 6.07) is 7.60. The van der Waals surface area contributed by atoms with Gasteiger partial charge < -0.3 is 15.4 Å². The number of nitrogens with zero attached hydrogens (tertiary/aromatic N) is 1. The second-order valence-corrected chi connectivity index (χ2v) is 5.98. The summed E-state index contributed by atoms with van der Waals surface area (Å²) in [4.78, 5) is 4.19. The van der Waals surface area contributed by atoms with Gasteiger partial charge in [0.25, 0.3) is 0 Å². The van der Waals surface area contributed by atoms with Crippen LogP contribution in [0.15, 0.2) is 30.3 Å². The SMILES string of the molecule is CC1COc2nc(NCC(F)(F)F)c(Cc3ccc(F)cc3)cc2N1. The molecule has 134 valence electrons. The molecule has 0 saturated heterocycles.